The van der Waals surface area contributed by atoms with Gasteiger partial charge >= 0.3 is 6.09 Å². The van der Waals surface area contributed by atoms with Crippen LogP contribution in [0, 0.1) is 0 Å². The number of carbonyl (C=O) groups is 1. The second-order valence-corrected chi connectivity index (χ2v) is 6.57. The summed E-state index contributed by atoms with van der Waals surface area (Å²) in [5.74, 6) is 0. The lowest BCUT2D eigenvalue weighted by Crippen LogP contribution is -2.46. The fourth-order valence-electron chi connectivity index (χ4n) is 2.39. The van der Waals surface area contributed by atoms with Gasteiger partial charge in [-0.2, -0.15) is 0 Å². The van der Waals surface area contributed by atoms with Crippen molar-refractivity contribution in [3.05, 3.63) is 0 Å². The van der Waals surface area contributed by atoms with E-state index in [1.807, 2.05) is 20.8 Å². The van der Waals surface area contributed by atoms with E-state index < -0.39 is 5.60 Å². The maximum Gasteiger partial charge on any atom is 0.407 e. The Hall–Kier alpha value is -0.810. The van der Waals surface area contributed by atoms with Crippen molar-refractivity contribution in [1.82, 2.24) is 16.0 Å². The monoisotopic (exact) mass is 285 g/mol. The number of hydrogen-bond acceptors (Lipinski definition) is 4. The zero-order chi connectivity index (χ0) is 15.0. The van der Waals surface area contributed by atoms with Crippen LogP contribution in [0.15, 0.2) is 0 Å². The van der Waals surface area contributed by atoms with Crippen LogP contribution in [0.2, 0.25) is 0 Å². The summed E-state index contributed by atoms with van der Waals surface area (Å²) in [6.07, 6.45) is 4.33. The first kappa shape index (κ1) is 17.2. The minimum atomic E-state index is -0.439. The molecule has 0 bridgehead atoms. The van der Waals surface area contributed by atoms with Gasteiger partial charge in [0, 0.05) is 25.2 Å². The molecule has 2 atom stereocenters. The summed E-state index contributed by atoms with van der Waals surface area (Å²) in [7, 11) is 0. The zero-order valence-electron chi connectivity index (χ0n) is 13.4. The van der Waals surface area contributed by atoms with Crippen molar-refractivity contribution in [2.45, 2.75) is 71.1 Å². The van der Waals surface area contributed by atoms with Crippen LogP contribution in [0.4, 0.5) is 4.79 Å². The Kier molecular flexibility index (Phi) is 7.30. The summed E-state index contributed by atoms with van der Waals surface area (Å²) in [5.41, 5.74) is -0.439. The minimum Gasteiger partial charge on any atom is -0.444 e. The van der Waals surface area contributed by atoms with Gasteiger partial charge in [0.1, 0.15) is 5.60 Å². The molecule has 1 aliphatic heterocycles. The molecule has 0 saturated carbocycles. The third kappa shape index (κ3) is 7.70. The van der Waals surface area contributed by atoms with Crippen LogP contribution < -0.4 is 16.0 Å². The Morgan fingerprint density at radius 1 is 1.45 bits per heavy atom. The molecule has 0 spiro atoms. The van der Waals surface area contributed by atoms with E-state index in [4.69, 9.17) is 4.74 Å². The van der Waals surface area contributed by atoms with Crippen molar-refractivity contribution >= 4 is 6.09 Å². The standard InChI is InChI=1S/C15H31N3O2/c1-5-7-12(17-10-13-8-6-9-16-13)11-18-14(19)20-15(2,3)4/h12-13,16-17H,5-11H2,1-4H3,(H,18,19). The minimum absolute atomic E-state index is 0.315. The first-order valence-corrected chi connectivity index (χ1v) is 7.84. The Balaban J connectivity index is 2.25. The van der Waals surface area contributed by atoms with Crippen molar-refractivity contribution in [2.24, 2.45) is 0 Å². The molecule has 1 rings (SSSR count). The van der Waals surface area contributed by atoms with Crippen LogP contribution in [0.1, 0.15) is 53.4 Å². The molecule has 1 heterocycles. The summed E-state index contributed by atoms with van der Waals surface area (Å²) in [6.45, 7) is 10.5. The first-order valence-electron chi connectivity index (χ1n) is 7.84. The highest BCUT2D eigenvalue weighted by Gasteiger charge is 2.18. The van der Waals surface area contributed by atoms with Gasteiger partial charge in [0.2, 0.25) is 0 Å². The van der Waals surface area contributed by atoms with Crippen molar-refractivity contribution in [1.29, 1.82) is 0 Å². The SMILES string of the molecule is CCCC(CNC(=O)OC(C)(C)C)NCC1CCCN1. The first-order chi connectivity index (χ1) is 9.40. The molecule has 1 aliphatic rings. The largest absolute Gasteiger partial charge is 0.444 e. The average molecular weight is 285 g/mol. The molecular weight excluding hydrogens is 254 g/mol. The lowest BCUT2D eigenvalue weighted by molar-refractivity contribution is 0.0521. The van der Waals surface area contributed by atoms with E-state index in [0.717, 1.165) is 25.9 Å². The zero-order valence-corrected chi connectivity index (χ0v) is 13.4. The fourth-order valence-corrected chi connectivity index (χ4v) is 2.39. The Morgan fingerprint density at radius 3 is 2.75 bits per heavy atom. The summed E-state index contributed by atoms with van der Waals surface area (Å²) in [4.78, 5) is 11.7. The molecule has 5 nitrogen and oxygen atoms in total. The molecule has 5 heteroatoms. The van der Waals surface area contributed by atoms with E-state index in [1.54, 1.807) is 0 Å². The average Bonchev–Trinajstić information content (AvgIpc) is 2.83. The molecule has 0 aliphatic carbocycles. The molecular formula is C15H31N3O2. The van der Waals surface area contributed by atoms with E-state index in [2.05, 4.69) is 22.9 Å². The highest BCUT2D eigenvalue weighted by molar-refractivity contribution is 5.67. The normalized spacial score (nSPS) is 20.7. The number of nitrogens with one attached hydrogen (secondary N) is 3. The second-order valence-electron chi connectivity index (χ2n) is 6.57. The second kappa shape index (κ2) is 8.47. The fraction of sp³-hybridized carbons (Fsp3) is 0.933. The van der Waals surface area contributed by atoms with E-state index in [9.17, 15) is 4.79 Å². The lowest BCUT2D eigenvalue weighted by Gasteiger charge is -2.23. The van der Waals surface area contributed by atoms with Crippen molar-refractivity contribution in [3.8, 4) is 0 Å². The highest BCUT2D eigenvalue weighted by atomic mass is 16.6. The molecule has 1 amide bonds. The number of amides is 1. The molecule has 2 unspecified atom stereocenters. The topological polar surface area (TPSA) is 62.4 Å². The Bertz CT molecular complexity index is 283. The van der Waals surface area contributed by atoms with E-state index in [1.165, 1.54) is 12.8 Å². The lowest BCUT2D eigenvalue weighted by atomic mass is 10.1. The third-order valence-electron chi connectivity index (χ3n) is 3.34. The molecule has 0 radical (unpaired) electrons. The van der Waals surface area contributed by atoms with Crippen LogP contribution in [0.25, 0.3) is 0 Å². The van der Waals surface area contributed by atoms with Gasteiger partial charge < -0.3 is 20.7 Å². The quantitative estimate of drug-likeness (QED) is 0.670. The molecule has 1 saturated heterocycles. The van der Waals surface area contributed by atoms with Crippen molar-refractivity contribution in [3.63, 3.8) is 0 Å². The predicted octanol–water partition coefficient (Wildman–Crippen LogP) is 2.02. The summed E-state index contributed by atoms with van der Waals surface area (Å²) >= 11 is 0. The molecule has 0 aromatic heterocycles. The van der Waals surface area contributed by atoms with Crippen LogP contribution in [0.5, 0.6) is 0 Å². The van der Waals surface area contributed by atoms with Crippen LogP contribution in [-0.4, -0.2) is 43.4 Å². The summed E-state index contributed by atoms with van der Waals surface area (Å²) in [6, 6.07) is 0.894. The predicted molar refractivity (Wildman–Crippen MR) is 82.0 cm³/mol. The molecule has 1 fully saturated rings. The smallest absolute Gasteiger partial charge is 0.407 e. The maximum absolute atomic E-state index is 11.7. The number of carbonyl (C=O) groups excluding carboxylic acids is 1. The van der Waals surface area contributed by atoms with Crippen molar-refractivity contribution < 1.29 is 9.53 Å². The van der Waals surface area contributed by atoms with Gasteiger partial charge in [-0.25, -0.2) is 4.79 Å². The number of rotatable bonds is 7. The third-order valence-corrected chi connectivity index (χ3v) is 3.34. The van der Waals surface area contributed by atoms with E-state index in [0.29, 0.717) is 18.6 Å². The van der Waals surface area contributed by atoms with Gasteiger partial charge in [-0.3, -0.25) is 0 Å². The van der Waals surface area contributed by atoms with Crippen molar-refractivity contribution in [2.75, 3.05) is 19.6 Å². The van der Waals surface area contributed by atoms with Crippen LogP contribution in [-0.2, 0) is 4.74 Å². The highest BCUT2D eigenvalue weighted by Crippen LogP contribution is 2.07. The molecule has 0 aromatic carbocycles. The van der Waals surface area contributed by atoms with Gasteiger partial charge in [-0.15, -0.1) is 0 Å². The Morgan fingerprint density at radius 2 is 2.20 bits per heavy atom. The molecule has 0 aromatic rings. The van der Waals surface area contributed by atoms with Gasteiger partial charge in [0.05, 0.1) is 0 Å². The number of ether oxygens (including phenoxy) is 1. The molecule has 20 heavy (non-hydrogen) atoms. The van der Waals surface area contributed by atoms with Gasteiger partial charge in [-0.1, -0.05) is 13.3 Å². The summed E-state index contributed by atoms with van der Waals surface area (Å²) < 4.78 is 5.25. The number of hydrogen-bond donors (Lipinski definition) is 3. The van der Waals surface area contributed by atoms with Gasteiger partial charge in [0.25, 0.3) is 0 Å². The van der Waals surface area contributed by atoms with Crippen LogP contribution in [0.3, 0.4) is 0 Å². The van der Waals surface area contributed by atoms with E-state index >= 15 is 0 Å². The van der Waals surface area contributed by atoms with Gasteiger partial charge in [-0.05, 0) is 46.6 Å². The molecule has 3 N–H and O–H groups in total. The van der Waals surface area contributed by atoms with E-state index in [-0.39, 0.29) is 6.09 Å². The maximum atomic E-state index is 11.7. The molecule has 118 valence electrons. The van der Waals surface area contributed by atoms with Crippen LogP contribution >= 0.6 is 0 Å². The van der Waals surface area contributed by atoms with Gasteiger partial charge in [0.15, 0.2) is 0 Å². The Labute approximate surface area is 123 Å². The summed E-state index contributed by atoms with van der Waals surface area (Å²) in [5, 5.41) is 9.88. The number of alkyl carbamates (subject to hydrolysis) is 1.